The molecule has 0 spiro atoms. The van der Waals surface area contributed by atoms with Gasteiger partial charge in [0, 0.05) is 18.2 Å². The molecule has 1 N–H and O–H groups in total. The Bertz CT molecular complexity index is 808. The minimum atomic E-state index is -1.07. The maximum atomic E-state index is 13.4. The van der Waals surface area contributed by atoms with Crippen LogP contribution < -0.4 is 4.74 Å². The summed E-state index contributed by atoms with van der Waals surface area (Å²) in [5.41, 5.74) is 1.33. The molecule has 6 heteroatoms. The van der Waals surface area contributed by atoms with Gasteiger partial charge in [-0.2, -0.15) is 0 Å². The first-order chi connectivity index (χ1) is 12.5. The number of hydrogen-bond acceptors (Lipinski definition) is 3. The number of aliphatic carboxylic acids is 1. The largest absolute Gasteiger partial charge is 0.482 e. The van der Waals surface area contributed by atoms with Gasteiger partial charge in [-0.15, -0.1) is 0 Å². The van der Waals surface area contributed by atoms with Crippen LogP contribution in [0.1, 0.15) is 28.8 Å². The van der Waals surface area contributed by atoms with Gasteiger partial charge < -0.3 is 14.7 Å². The third-order valence-electron chi connectivity index (χ3n) is 4.44. The maximum absolute atomic E-state index is 13.4. The Morgan fingerprint density at radius 3 is 2.77 bits per heavy atom. The van der Waals surface area contributed by atoms with E-state index in [1.165, 1.54) is 12.1 Å². The molecule has 1 amide bonds. The predicted molar refractivity (Wildman–Crippen MR) is 93.7 cm³/mol. The van der Waals surface area contributed by atoms with Gasteiger partial charge in [0.1, 0.15) is 11.6 Å². The van der Waals surface area contributed by atoms with E-state index in [2.05, 4.69) is 0 Å². The van der Waals surface area contributed by atoms with E-state index < -0.39 is 12.6 Å². The average Bonchev–Trinajstić information content (AvgIpc) is 3.07. The zero-order valence-corrected chi connectivity index (χ0v) is 14.2. The first-order valence-corrected chi connectivity index (χ1v) is 8.53. The molecule has 0 bridgehead atoms. The lowest BCUT2D eigenvalue weighted by Gasteiger charge is -2.25. The highest BCUT2D eigenvalue weighted by atomic mass is 19.1. The molecule has 1 saturated heterocycles. The number of carbonyl (C=O) groups excluding carboxylic acids is 1. The van der Waals surface area contributed by atoms with Crippen molar-refractivity contribution in [3.8, 4) is 5.75 Å². The van der Waals surface area contributed by atoms with E-state index in [-0.39, 0.29) is 17.8 Å². The van der Waals surface area contributed by atoms with Crippen LogP contribution in [-0.2, 0) is 11.2 Å². The van der Waals surface area contributed by atoms with Crippen molar-refractivity contribution < 1.29 is 23.8 Å². The summed E-state index contributed by atoms with van der Waals surface area (Å²) in [6, 6.07) is 13.0. The molecule has 136 valence electrons. The Hall–Kier alpha value is -2.89. The molecule has 5 nitrogen and oxygen atoms in total. The highest BCUT2D eigenvalue weighted by Crippen LogP contribution is 2.25. The number of ether oxygens (including phenoxy) is 1. The van der Waals surface area contributed by atoms with Crippen LogP contribution in [0.2, 0.25) is 0 Å². The van der Waals surface area contributed by atoms with Crippen molar-refractivity contribution in [2.24, 2.45) is 0 Å². The summed E-state index contributed by atoms with van der Waals surface area (Å²) >= 11 is 0. The Balaban J connectivity index is 1.71. The van der Waals surface area contributed by atoms with Gasteiger partial charge >= 0.3 is 5.97 Å². The minimum Gasteiger partial charge on any atom is -0.482 e. The molecular formula is C20H20FNO4. The summed E-state index contributed by atoms with van der Waals surface area (Å²) < 4.78 is 18.5. The van der Waals surface area contributed by atoms with Crippen molar-refractivity contribution >= 4 is 11.9 Å². The first-order valence-electron chi connectivity index (χ1n) is 8.53. The number of rotatable bonds is 6. The highest BCUT2D eigenvalue weighted by molar-refractivity contribution is 5.95. The van der Waals surface area contributed by atoms with Gasteiger partial charge in [-0.3, -0.25) is 4.79 Å². The number of hydrogen-bond donors (Lipinski definition) is 1. The Labute approximate surface area is 151 Å². The van der Waals surface area contributed by atoms with E-state index in [1.807, 2.05) is 6.07 Å². The Morgan fingerprint density at radius 2 is 2.00 bits per heavy atom. The lowest BCUT2D eigenvalue weighted by Crippen LogP contribution is -2.36. The molecule has 2 aromatic carbocycles. The van der Waals surface area contributed by atoms with Gasteiger partial charge in [0.2, 0.25) is 0 Å². The van der Waals surface area contributed by atoms with E-state index in [0.29, 0.717) is 24.3 Å². The third kappa shape index (κ3) is 4.39. The number of nitrogens with zero attached hydrogens (tertiary/aromatic N) is 1. The normalized spacial score (nSPS) is 16.5. The van der Waals surface area contributed by atoms with Crippen molar-refractivity contribution in [3.05, 3.63) is 65.5 Å². The second-order valence-electron chi connectivity index (χ2n) is 6.34. The highest BCUT2D eigenvalue weighted by Gasteiger charge is 2.29. The third-order valence-corrected chi connectivity index (χ3v) is 4.44. The molecule has 0 aliphatic carbocycles. The standard InChI is InChI=1S/C20H20FNO4/c21-16-6-1-4-14(10-16)11-17-7-3-9-22(17)20(25)15-5-2-8-18(12-15)26-13-19(23)24/h1-2,4-6,8,10,12,17H,3,7,9,11,13H2,(H,23,24). The molecule has 2 aromatic rings. The van der Waals surface area contributed by atoms with Crippen LogP contribution in [0.3, 0.4) is 0 Å². The molecule has 1 unspecified atom stereocenters. The molecule has 26 heavy (non-hydrogen) atoms. The van der Waals surface area contributed by atoms with Crippen LogP contribution in [0.5, 0.6) is 5.75 Å². The number of benzene rings is 2. The second-order valence-corrected chi connectivity index (χ2v) is 6.34. The van der Waals surface area contributed by atoms with E-state index in [1.54, 1.807) is 35.2 Å². The summed E-state index contributed by atoms with van der Waals surface area (Å²) in [6.45, 7) is 0.197. The average molecular weight is 357 g/mol. The fourth-order valence-corrected chi connectivity index (χ4v) is 3.28. The molecule has 1 aliphatic heterocycles. The summed E-state index contributed by atoms with van der Waals surface area (Å²) in [5.74, 6) is -1.12. The van der Waals surface area contributed by atoms with Crippen LogP contribution in [0.4, 0.5) is 4.39 Å². The number of halogens is 1. The predicted octanol–water partition coefficient (Wildman–Crippen LogP) is 3.14. The van der Waals surface area contributed by atoms with Gasteiger partial charge in [0.15, 0.2) is 6.61 Å². The van der Waals surface area contributed by atoms with Crippen molar-refractivity contribution in [1.82, 2.24) is 4.90 Å². The number of carboxylic acids is 1. The van der Waals surface area contributed by atoms with Gasteiger partial charge in [-0.25, -0.2) is 9.18 Å². The summed E-state index contributed by atoms with van der Waals surface area (Å²) in [7, 11) is 0. The number of likely N-dealkylation sites (tertiary alicyclic amines) is 1. The fraction of sp³-hybridized carbons (Fsp3) is 0.300. The van der Waals surface area contributed by atoms with Crippen LogP contribution in [0.25, 0.3) is 0 Å². The topological polar surface area (TPSA) is 66.8 Å². The van der Waals surface area contributed by atoms with Gasteiger partial charge in [0.25, 0.3) is 5.91 Å². The molecule has 1 aliphatic rings. The van der Waals surface area contributed by atoms with Gasteiger partial charge in [0.05, 0.1) is 0 Å². The molecular weight excluding hydrogens is 337 g/mol. The number of carbonyl (C=O) groups is 2. The summed E-state index contributed by atoms with van der Waals surface area (Å²) in [5, 5.41) is 8.69. The Kier molecular flexibility index (Phi) is 5.51. The van der Waals surface area contributed by atoms with Crippen molar-refractivity contribution in [3.63, 3.8) is 0 Å². The summed E-state index contributed by atoms with van der Waals surface area (Å²) in [4.78, 5) is 25.3. The zero-order valence-electron chi connectivity index (χ0n) is 14.2. The van der Waals surface area contributed by atoms with Crippen LogP contribution in [0.15, 0.2) is 48.5 Å². The zero-order chi connectivity index (χ0) is 18.5. The lowest BCUT2D eigenvalue weighted by molar-refractivity contribution is -0.139. The quantitative estimate of drug-likeness (QED) is 0.862. The Morgan fingerprint density at radius 1 is 1.19 bits per heavy atom. The van der Waals surface area contributed by atoms with Crippen molar-refractivity contribution in [2.75, 3.05) is 13.2 Å². The monoisotopic (exact) mass is 357 g/mol. The van der Waals surface area contributed by atoms with E-state index in [4.69, 9.17) is 9.84 Å². The molecule has 0 saturated carbocycles. The summed E-state index contributed by atoms with van der Waals surface area (Å²) in [6.07, 6.45) is 2.39. The fourth-order valence-electron chi connectivity index (χ4n) is 3.28. The van der Waals surface area contributed by atoms with E-state index in [9.17, 15) is 14.0 Å². The van der Waals surface area contributed by atoms with Gasteiger partial charge in [-0.1, -0.05) is 18.2 Å². The molecule has 1 fully saturated rings. The van der Waals surface area contributed by atoms with Crippen LogP contribution in [-0.4, -0.2) is 41.1 Å². The van der Waals surface area contributed by atoms with E-state index in [0.717, 1.165) is 18.4 Å². The lowest BCUT2D eigenvalue weighted by atomic mass is 10.0. The molecule has 1 atom stereocenters. The van der Waals surface area contributed by atoms with Crippen LogP contribution >= 0.6 is 0 Å². The molecule has 3 rings (SSSR count). The van der Waals surface area contributed by atoms with Crippen LogP contribution in [0, 0.1) is 5.82 Å². The van der Waals surface area contributed by atoms with Crippen molar-refractivity contribution in [2.45, 2.75) is 25.3 Å². The number of carboxylic acid groups (broad SMARTS) is 1. The minimum absolute atomic E-state index is 0.0212. The first kappa shape index (κ1) is 17.9. The second kappa shape index (κ2) is 7.99. The van der Waals surface area contributed by atoms with Crippen molar-refractivity contribution in [1.29, 1.82) is 0 Å². The SMILES string of the molecule is O=C(O)COc1cccc(C(=O)N2CCCC2Cc2cccc(F)c2)c1. The maximum Gasteiger partial charge on any atom is 0.341 e. The molecule has 0 radical (unpaired) electrons. The number of amides is 1. The molecule has 0 aromatic heterocycles. The molecule has 1 heterocycles. The van der Waals surface area contributed by atoms with E-state index >= 15 is 0 Å². The van der Waals surface area contributed by atoms with Gasteiger partial charge in [-0.05, 0) is 55.2 Å². The smallest absolute Gasteiger partial charge is 0.341 e.